The van der Waals surface area contributed by atoms with Crippen LogP contribution < -0.4 is 5.32 Å². The number of amides is 1. The van der Waals surface area contributed by atoms with Gasteiger partial charge in [0.1, 0.15) is 4.21 Å². The maximum atomic E-state index is 12.5. The number of sulfonamides is 1. The van der Waals surface area contributed by atoms with E-state index in [-0.39, 0.29) is 5.91 Å². The van der Waals surface area contributed by atoms with Crippen LogP contribution in [0.4, 0.5) is 0 Å². The van der Waals surface area contributed by atoms with E-state index >= 15 is 0 Å². The molecule has 5 nitrogen and oxygen atoms in total. The predicted molar refractivity (Wildman–Crippen MR) is 95.4 cm³/mol. The monoisotopic (exact) mass is 370 g/mol. The van der Waals surface area contributed by atoms with Crippen LogP contribution in [0.5, 0.6) is 0 Å². The van der Waals surface area contributed by atoms with Crippen molar-refractivity contribution in [2.75, 3.05) is 13.1 Å². The lowest BCUT2D eigenvalue weighted by Crippen LogP contribution is -2.27. The van der Waals surface area contributed by atoms with Crippen molar-refractivity contribution in [2.45, 2.75) is 62.1 Å². The lowest BCUT2D eigenvalue weighted by molar-refractivity contribution is -0.121. The van der Waals surface area contributed by atoms with E-state index in [1.54, 1.807) is 10.4 Å². The summed E-state index contributed by atoms with van der Waals surface area (Å²) in [4.78, 5) is 12.8. The molecule has 24 heavy (non-hydrogen) atoms. The van der Waals surface area contributed by atoms with Crippen LogP contribution in [-0.2, 0) is 21.4 Å². The van der Waals surface area contributed by atoms with E-state index in [1.807, 2.05) is 6.07 Å². The molecule has 1 N–H and O–H groups in total. The summed E-state index contributed by atoms with van der Waals surface area (Å²) >= 11 is 1.27. The first-order chi connectivity index (χ1) is 11.6. The first-order valence-electron chi connectivity index (χ1n) is 8.91. The van der Waals surface area contributed by atoms with Crippen LogP contribution in [0, 0.1) is 5.92 Å². The molecule has 1 aliphatic carbocycles. The van der Waals surface area contributed by atoms with Crippen molar-refractivity contribution in [3.8, 4) is 0 Å². The number of nitrogens with one attached hydrogen (secondary N) is 1. The molecular weight excluding hydrogens is 344 g/mol. The second-order valence-corrected chi connectivity index (χ2v) is 10.1. The van der Waals surface area contributed by atoms with Gasteiger partial charge < -0.3 is 5.32 Å². The normalized spacial score (nSPS) is 19.8. The number of carbonyl (C=O) groups excluding carboxylic acids is 1. The molecule has 0 unspecified atom stereocenters. The lowest BCUT2D eigenvalue weighted by atomic mass is 10.0. The highest BCUT2D eigenvalue weighted by atomic mass is 32.2. The zero-order valence-corrected chi connectivity index (χ0v) is 15.6. The van der Waals surface area contributed by atoms with Crippen LogP contribution in [0.1, 0.15) is 56.2 Å². The molecule has 0 aromatic carbocycles. The van der Waals surface area contributed by atoms with E-state index in [0.29, 0.717) is 30.3 Å². The molecule has 3 rings (SSSR count). The molecule has 1 amide bonds. The standard InChI is InChI=1S/C17H26N2O3S2/c20-16(9-7-14-5-1-2-6-14)18-13-15-8-10-17(23-15)24(21,22)19-11-3-4-12-19/h8,10,14H,1-7,9,11-13H2,(H,18,20). The van der Waals surface area contributed by atoms with Gasteiger partial charge in [0.25, 0.3) is 10.0 Å². The average Bonchev–Trinajstić information content (AvgIpc) is 3.33. The van der Waals surface area contributed by atoms with Gasteiger partial charge in [0.15, 0.2) is 0 Å². The molecular formula is C17H26N2O3S2. The number of hydrogen-bond acceptors (Lipinski definition) is 4. The SMILES string of the molecule is O=C(CCC1CCCC1)NCc1ccc(S(=O)(=O)N2CCCC2)s1. The van der Waals surface area contributed by atoms with Gasteiger partial charge in [-0.3, -0.25) is 4.79 Å². The Hall–Kier alpha value is -0.920. The third kappa shape index (κ3) is 4.37. The summed E-state index contributed by atoms with van der Waals surface area (Å²) in [5.41, 5.74) is 0. The number of carbonyl (C=O) groups is 1. The molecule has 1 aliphatic heterocycles. The summed E-state index contributed by atoms with van der Waals surface area (Å²) in [6.07, 6.45) is 8.56. The van der Waals surface area contributed by atoms with Crippen LogP contribution >= 0.6 is 11.3 Å². The van der Waals surface area contributed by atoms with Crippen LogP contribution in [0.2, 0.25) is 0 Å². The topological polar surface area (TPSA) is 66.5 Å². The van der Waals surface area contributed by atoms with Crippen molar-refractivity contribution in [1.29, 1.82) is 0 Å². The summed E-state index contributed by atoms with van der Waals surface area (Å²) in [5, 5.41) is 2.92. The second kappa shape index (κ2) is 7.97. The minimum atomic E-state index is -3.34. The molecule has 1 saturated carbocycles. The second-order valence-electron chi connectivity index (χ2n) is 6.80. The molecule has 7 heteroatoms. The maximum Gasteiger partial charge on any atom is 0.252 e. The summed E-state index contributed by atoms with van der Waals surface area (Å²) in [7, 11) is -3.34. The molecule has 0 bridgehead atoms. The Labute approximate surface area is 148 Å². The van der Waals surface area contributed by atoms with Gasteiger partial charge in [-0.2, -0.15) is 4.31 Å². The summed E-state index contributed by atoms with van der Waals surface area (Å²) in [6, 6.07) is 3.48. The van der Waals surface area contributed by atoms with Crippen molar-refractivity contribution in [3.63, 3.8) is 0 Å². The molecule has 2 aliphatic rings. The first kappa shape index (κ1) is 17.9. The van der Waals surface area contributed by atoms with E-state index in [1.165, 1.54) is 37.0 Å². The third-order valence-electron chi connectivity index (χ3n) is 5.01. The first-order valence-corrected chi connectivity index (χ1v) is 11.2. The Morgan fingerprint density at radius 3 is 2.58 bits per heavy atom. The highest BCUT2D eigenvalue weighted by Gasteiger charge is 2.28. The lowest BCUT2D eigenvalue weighted by Gasteiger charge is -2.13. The van der Waals surface area contributed by atoms with Gasteiger partial charge in [-0.15, -0.1) is 11.3 Å². The minimum Gasteiger partial charge on any atom is -0.351 e. The van der Waals surface area contributed by atoms with Gasteiger partial charge in [-0.05, 0) is 37.3 Å². The highest BCUT2D eigenvalue weighted by molar-refractivity contribution is 7.91. The Morgan fingerprint density at radius 2 is 1.88 bits per heavy atom. The molecule has 1 aromatic heterocycles. The average molecular weight is 371 g/mol. The van der Waals surface area contributed by atoms with Gasteiger partial charge in [0, 0.05) is 24.4 Å². The molecule has 0 radical (unpaired) electrons. The summed E-state index contributed by atoms with van der Waals surface area (Å²) < 4.78 is 26.9. The number of hydrogen-bond donors (Lipinski definition) is 1. The van der Waals surface area contributed by atoms with Gasteiger partial charge >= 0.3 is 0 Å². The molecule has 2 fully saturated rings. The van der Waals surface area contributed by atoms with Crippen molar-refractivity contribution in [3.05, 3.63) is 17.0 Å². The number of thiophene rings is 1. The smallest absolute Gasteiger partial charge is 0.252 e. The van der Waals surface area contributed by atoms with Gasteiger partial charge in [0.05, 0.1) is 6.54 Å². The zero-order chi connectivity index (χ0) is 17.0. The van der Waals surface area contributed by atoms with E-state index in [2.05, 4.69) is 5.32 Å². The Kier molecular flexibility index (Phi) is 5.94. The largest absolute Gasteiger partial charge is 0.351 e. The highest BCUT2D eigenvalue weighted by Crippen LogP contribution is 2.29. The van der Waals surface area contributed by atoms with Crippen LogP contribution in [0.15, 0.2) is 16.3 Å². The van der Waals surface area contributed by atoms with Crippen LogP contribution in [0.25, 0.3) is 0 Å². The van der Waals surface area contributed by atoms with E-state index in [9.17, 15) is 13.2 Å². The van der Waals surface area contributed by atoms with Gasteiger partial charge in [-0.1, -0.05) is 25.7 Å². The predicted octanol–water partition coefficient (Wildman–Crippen LogP) is 3.12. The molecule has 2 heterocycles. The Bertz CT molecular complexity index is 657. The maximum absolute atomic E-state index is 12.5. The van der Waals surface area contributed by atoms with Crippen molar-refractivity contribution in [1.82, 2.24) is 9.62 Å². The fraction of sp³-hybridized carbons (Fsp3) is 0.706. The minimum absolute atomic E-state index is 0.0688. The van der Waals surface area contributed by atoms with Gasteiger partial charge in [-0.25, -0.2) is 8.42 Å². The van der Waals surface area contributed by atoms with E-state index in [0.717, 1.165) is 30.1 Å². The number of rotatable bonds is 7. The fourth-order valence-corrected chi connectivity index (χ4v) is 6.52. The Balaban J connectivity index is 1.47. The van der Waals surface area contributed by atoms with E-state index < -0.39 is 10.0 Å². The van der Waals surface area contributed by atoms with Crippen LogP contribution in [0.3, 0.4) is 0 Å². The van der Waals surface area contributed by atoms with Crippen LogP contribution in [-0.4, -0.2) is 31.7 Å². The molecule has 134 valence electrons. The zero-order valence-electron chi connectivity index (χ0n) is 14.0. The van der Waals surface area contributed by atoms with Crippen molar-refractivity contribution < 1.29 is 13.2 Å². The summed E-state index contributed by atoms with van der Waals surface area (Å²) in [6.45, 7) is 1.66. The fourth-order valence-electron chi connectivity index (χ4n) is 3.56. The molecule has 0 atom stereocenters. The van der Waals surface area contributed by atoms with Crippen molar-refractivity contribution in [2.24, 2.45) is 5.92 Å². The molecule has 1 saturated heterocycles. The molecule has 1 aromatic rings. The summed E-state index contributed by atoms with van der Waals surface area (Å²) in [5.74, 6) is 0.786. The van der Waals surface area contributed by atoms with Crippen molar-refractivity contribution >= 4 is 27.3 Å². The molecule has 0 spiro atoms. The Morgan fingerprint density at radius 1 is 1.17 bits per heavy atom. The van der Waals surface area contributed by atoms with E-state index in [4.69, 9.17) is 0 Å². The number of nitrogens with zero attached hydrogens (tertiary/aromatic N) is 1. The third-order valence-corrected chi connectivity index (χ3v) is 8.46. The van der Waals surface area contributed by atoms with Gasteiger partial charge in [0.2, 0.25) is 5.91 Å². The quantitative estimate of drug-likeness (QED) is 0.802.